The van der Waals surface area contributed by atoms with E-state index in [1.807, 2.05) is 25.3 Å². The minimum Gasteiger partial charge on any atom is -0.313 e. The quantitative estimate of drug-likeness (QED) is 0.817. The summed E-state index contributed by atoms with van der Waals surface area (Å²) < 4.78 is 27.2. The summed E-state index contributed by atoms with van der Waals surface area (Å²) in [4.78, 5) is 4.36. The summed E-state index contributed by atoms with van der Waals surface area (Å²) in [5, 5.41) is 5.79. The number of nitrogens with zero attached hydrogens (tertiary/aromatic N) is 1. The van der Waals surface area contributed by atoms with E-state index >= 15 is 0 Å². The zero-order valence-corrected chi connectivity index (χ0v) is 13.7. The highest BCUT2D eigenvalue weighted by molar-refractivity contribution is 7.89. The molecule has 2 N–H and O–H groups in total. The van der Waals surface area contributed by atoms with Gasteiger partial charge in [0.1, 0.15) is 5.01 Å². The van der Waals surface area contributed by atoms with Gasteiger partial charge in [-0.3, -0.25) is 0 Å². The van der Waals surface area contributed by atoms with Gasteiger partial charge in [-0.1, -0.05) is 13.0 Å². The molecule has 0 amide bonds. The van der Waals surface area contributed by atoms with Crippen LogP contribution in [-0.2, 0) is 23.1 Å². The van der Waals surface area contributed by atoms with Crippen molar-refractivity contribution in [1.82, 2.24) is 15.0 Å². The maximum absolute atomic E-state index is 12.3. The number of aryl methyl sites for hydroxylation is 1. The monoisotopic (exact) mass is 325 g/mol. The van der Waals surface area contributed by atoms with E-state index in [-0.39, 0.29) is 11.4 Å². The Labute approximate surface area is 129 Å². The van der Waals surface area contributed by atoms with E-state index in [4.69, 9.17) is 0 Å². The van der Waals surface area contributed by atoms with Gasteiger partial charge in [0.15, 0.2) is 0 Å². The lowest BCUT2D eigenvalue weighted by Gasteiger charge is -2.10. The second-order valence-corrected chi connectivity index (χ2v) is 7.37. The van der Waals surface area contributed by atoms with Crippen LogP contribution in [0.4, 0.5) is 0 Å². The number of hydrogen-bond acceptors (Lipinski definition) is 5. The molecule has 0 saturated carbocycles. The van der Waals surface area contributed by atoms with Crippen LogP contribution in [0, 0.1) is 6.92 Å². The highest BCUT2D eigenvalue weighted by Crippen LogP contribution is 2.16. The van der Waals surface area contributed by atoms with Gasteiger partial charge in [0.25, 0.3) is 0 Å². The summed E-state index contributed by atoms with van der Waals surface area (Å²) in [5.74, 6) is 0. The van der Waals surface area contributed by atoms with Crippen LogP contribution in [-0.4, -0.2) is 19.9 Å². The molecule has 7 heteroatoms. The molecule has 1 aromatic heterocycles. The Morgan fingerprint density at radius 1 is 1.29 bits per heavy atom. The molecule has 5 nitrogen and oxygen atoms in total. The Balaban J connectivity index is 2.15. The largest absolute Gasteiger partial charge is 0.313 e. The summed E-state index contributed by atoms with van der Waals surface area (Å²) >= 11 is 1.43. The number of sulfonamides is 1. The summed E-state index contributed by atoms with van der Waals surface area (Å²) in [6, 6.07) is 5.20. The molecule has 0 aliphatic rings. The first-order valence-corrected chi connectivity index (χ1v) is 9.07. The highest BCUT2D eigenvalue weighted by Gasteiger charge is 2.15. The Morgan fingerprint density at radius 3 is 2.76 bits per heavy atom. The molecule has 114 valence electrons. The summed E-state index contributed by atoms with van der Waals surface area (Å²) in [6.07, 6.45) is 1.66. The van der Waals surface area contributed by atoms with Crippen LogP contribution in [0.15, 0.2) is 34.7 Å². The maximum Gasteiger partial charge on any atom is 0.240 e. The first-order chi connectivity index (χ1) is 10.0. The fourth-order valence-electron chi connectivity index (χ4n) is 1.85. The van der Waals surface area contributed by atoms with Gasteiger partial charge in [-0.15, -0.1) is 11.3 Å². The molecule has 1 aromatic carbocycles. The highest BCUT2D eigenvalue weighted by atomic mass is 32.2. The van der Waals surface area contributed by atoms with Gasteiger partial charge in [0, 0.05) is 18.1 Å². The Morgan fingerprint density at radius 2 is 2.10 bits per heavy atom. The van der Waals surface area contributed by atoms with Crippen LogP contribution in [0.5, 0.6) is 0 Å². The summed E-state index contributed by atoms with van der Waals surface area (Å²) in [6.45, 7) is 5.73. The normalized spacial score (nSPS) is 11.7. The van der Waals surface area contributed by atoms with Gasteiger partial charge in [-0.05, 0) is 36.7 Å². The molecule has 2 rings (SSSR count). The van der Waals surface area contributed by atoms with Crippen LogP contribution in [0.3, 0.4) is 0 Å². The van der Waals surface area contributed by atoms with Crippen molar-refractivity contribution in [1.29, 1.82) is 0 Å². The van der Waals surface area contributed by atoms with Gasteiger partial charge in [0.2, 0.25) is 10.0 Å². The van der Waals surface area contributed by atoms with Crippen molar-refractivity contribution in [3.8, 4) is 0 Å². The Bertz CT molecular complexity index is 682. The third-order valence-electron chi connectivity index (χ3n) is 3.09. The van der Waals surface area contributed by atoms with Gasteiger partial charge in [-0.2, -0.15) is 0 Å². The van der Waals surface area contributed by atoms with E-state index in [9.17, 15) is 8.42 Å². The van der Waals surface area contributed by atoms with Gasteiger partial charge in [0.05, 0.1) is 11.4 Å². The van der Waals surface area contributed by atoms with E-state index < -0.39 is 10.0 Å². The smallest absolute Gasteiger partial charge is 0.240 e. The Hall–Kier alpha value is -1.28. The molecule has 21 heavy (non-hydrogen) atoms. The molecule has 0 fully saturated rings. The number of rotatable bonds is 7. The van der Waals surface area contributed by atoms with Crippen LogP contribution in [0.25, 0.3) is 0 Å². The lowest BCUT2D eigenvalue weighted by atomic mass is 10.1. The molecule has 0 spiro atoms. The third-order valence-corrected chi connectivity index (χ3v) is 5.27. The topological polar surface area (TPSA) is 71.1 Å². The second-order valence-electron chi connectivity index (χ2n) is 4.62. The third kappa shape index (κ3) is 4.34. The van der Waals surface area contributed by atoms with Crippen molar-refractivity contribution in [2.45, 2.75) is 31.8 Å². The molecular weight excluding hydrogens is 306 g/mol. The predicted octanol–water partition coefficient (Wildman–Crippen LogP) is 2.04. The van der Waals surface area contributed by atoms with Crippen molar-refractivity contribution in [3.05, 3.63) is 45.9 Å². The SMILES string of the molecule is CCNCc1cc(S(=O)(=O)NCc2nccs2)ccc1C. The van der Waals surface area contributed by atoms with E-state index in [2.05, 4.69) is 15.0 Å². The van der Waals surface area contributed by atoms with Crippen LogP contribution < -0.4 is 10.0 Å². The molecule has 0 aliphatic carbocycles. The van der Waals surface area contributed by atoms with Crippen molar-refractivity contribution >= 4 is 21.4 Å². The van der Waals surface area contributed by atoms with Crippen molar-refractivity contribution < 1.29 is 8.42 Å². The lowest BCUT2D eigenvalue weighted by molar-refractivity contribution is 0.581. The fraction of sp³-hybridized carbons (Fsp3) is 0.357. The Kier molecular flexibility index (Phi) is 5.46. The van der Waals surface area contributed by atoms with Crippen molar-refractivity contribution in [2.75, 3.05) is 6.54 Å². The maximum atomic E-state index is 12.3. The van der Waals surface area contributed by atoms with E-state index in [0.29, 0.717) is 6.54 Å². The van der Waals surface area contributed by atoms with Crippen LogP contribution in [0.2, 0.25) is 0 Å². The molecule has 2 aromatic rings. The number of aromatic nitrogens is 1. The predicted molar refractivity (Wildman–Crippen MR) is 84.7 cm³/mol. The zero-order valence-electron chi connectivity index (χ0n) is 12.1. The van der Waals surface area contributed by atoms with E-state index in [1.165, 1.54) is 11.3 Å². The molecular formula is C14H19N3O2S2. The number of benzene rings is 1. The average molecular weight is 325 g/mol. The summed E-state index contributed by atoms with van der Waals surface area (Å²) in [5.41, 5.74) is 2.07. The van der Waals surface area contributed by atoms with Crippen molar-refractivity contribution in [3.63, 3.8) is 0 Å². The first kappa shape index (κ1) is 16.1. The van der Waals surface area contributed by atoms with Gasteiger partial charge >= 0.3 is 0 Å². The van der Waals surface area contributed by atoms with Gasteiger partial charge < -0.3 is 5.32 Å². The van der Waals surface area contributed by atoms with E-state index in [1.54, 1.807) is 18.3 Å². The second kappa shape index (κ2) is 7.13. The molecule has 1 heterocycles. The number of nitrogens with one attached hydrogen (secondary N) is 2. The minimum absolute atomic E-state index is 0.219. The van der Waals surface area contributed by atoms with Gasteiger partial charge in [-0.25, -0.2) is 18.1 Å². The lowest BCUT2D eigenvalue weighted by Crippen LogP contribution is -2.23. The number of hydrogen-bond donors (Lipinski definition) is 2. The first-order valence-electron chi connectivity index (χ1n) is 6.71. The zero-order chi connectivity index (χ0) is 15.3. The molecule has 0 bridgehead atoms. The molecule has 0 saturated heterocycles. The molecule has 0 atom stereocenters. The molecule has 0 radical (unpaired) electrons. The molecule has 0 unspecified atom stereocenters. The average Bonchev–Trinajstić information content (AvgIpc) is 2.97. The van der Waals surface area contributed by atoms with Crippen molar-refractivity contribution in [2.24, 2.45) is 0 Å². The standard InChI is InChI=1S/C14H19N3O2S2/c1-3-15-9-12-8-13(5-4-11(12)2)21(18,19)17-10-14-16-6-7-20-14/h4-8,15,17H,3,9-10H2,1-2H3. The summed E-state index contributed by atoms with van der Waals surface area (Å²) in [7, 11) is -3.51. The number of thiazole rings is 1. The van der Waals surface area contributed by atoms with E-state index in [0.717, 1.165) is 22.7 Å². The van der Waals surface area contributed by atoms with Crippen LogP contribution in [0.1, 0.15) is 23.1 Å². The van der Waals surface area contributed by atoms with Crippen LogP contribution >= 0.6 is 11.3 Å². The minimum atomic E-state index is -3.51. The molecule has 0 aliphatic heterocycles. The fourth-order valence-corrected chi connectivity index (χ4v) is 3.53.